The zero-order valence-corrected chi connectivity index (χ0v) is 21.5. The summed E-state index contributed by atoms with van der Waals surface area (Å²) in [6, 6.07) is 34.2. The lowest BCUT2D eigenvalue weighted by atomic mass is 9.84. The minimum atomic E-state index is -0.483. The van der Waals surface area contributed by atoms with Gasteiger partial charge in [-0.15, -0.1) is 0 Å². The largest absolute Gasteiger partial charge is 0.339 e. The van der Waals surface area contributed by atoms with Crippen LogP contribution < -0.4 is 4.90 Å². The molecular weight excluding hydrogens is 456 g/mol. The van der Waals surface area contributed by atoms with Gasteiger partial charge in [-0.2, -0.15) is 5.26 Å². The highest BCUT2D eigenvalue weighted by Crippen LogP contribution is 2.40. The van der Waals surface area contributed by atoms with E-state index in [1.54, 1.807) is 0 Å². The maximum Gasteiger partial charge on any atom is 0.250 e. The molecule has 37 heavy (non-hydrogen) atoms. The zero-order chi connectivity index (χ0) is 25.5. The molecule has 0 bridgehead atoms. The lowest BCUT2D eigenvalue weighted by Gasteiger charge is -2.43. The SMILES string of the molecule is N#CCCCN1CN(c2ccccc2)C2(CCN(CCC(c3ccccc3)c3ccccc3)CC2)C1=O. The standard InChI is InChI=1S/C32H36N4O/c33-21-10-11-22-35-26-36(29-16-8-3-9-17-29)32(31(35)37)19-24-34(25-20-32)23-18-30(27-12-4-1-5-13-27)28-14-6-2-7-15-28/h1-9,12-17,30H,10-11,18-20,22-26H2. The Labute approximate surface area is 220 Å². The zero-order valence-electron chi connectivity index (χ0n) is 21.5. The third-order valence-electron chi connectivity index (χ3n) is 8.12. The molecule has 1 spiro atoms. The van der Waals surface area contributed by atoms with Crippen molar-refractivity contribution in [2.75, 3.05) is 37.7 Å². The fraction of sp³-hybridized carbons (Fsp3) is 0.375. The molecule has 2 aliphatic heterocycles. The predicted molar refractivity (Wildman–Crippen MR) is 148 cm³/mol. The van der Waals surface area contributed by atoms with E-state index in [4.69, 9.17) is 5.26 Å². The summed E-state index contributed by atoms with van der Waals surface area (Å²) in [4.78, 5) is 20.6. The molecule has 0 radical (unpaired) electrons. The number of hydrogen-bond donors (Lipinski definition) is 0. The van der Waals surface area contributed by atoms with E-state index in [1.165, 1.54) is 11.1 Å². The van der Waals surface area contributed by atoms with Crippen molar-refractivity contribution in [2.24, 2.45) is 0 Å². The van der Waals surface area contributed by atoms with Crippen molar-refractivity contribution in [3.05, 3.63) is 102 Å². The molecule has 2 saturated heterocycles. The number of para-hydroxylation sites is 1. The van der Waals surface area contributed by atoms with Gasteiger partial charge in [0.15, 0.2) is 0 Å². The summed E-state index contributed by atoms with van der Waals surface area (Å²) in [7, 11) is 0. The van der Waals surface area contributed by atoms with Gasteiger partial charge in [0, 0.05) is 37.7 Å². The summed E-state index contributed by atoms with van der Waals surface area (Å²) in [5.41, 5.74) is 3.34. The number of amides is 1. The van der Waals surface area contributed by atoms with E-state index in [2.05, 4.69) is 88.7 Å². The van der Waals surface area contributed by atoms with Crippen LogP contribution >= 0.6 is 0 Å². The van der Waals surface area contributed by atoms with Gasteiger partial charge in [-0.3, -0.25) is 4.79 Å². The second-order valence-electron chi connectivity index (χ2n) is 10.3. The van der Waals surface area contributed by atoms with Crippen molar-refractivity contribution in [2.45, 2.75) is 43.6 Å². The molecule has 5 nitrogen and oxygen atoms in total. The Morgan fingerprint density at radius 1 is 0.811 bits per heavy atom. The van der Waals surface area contributed by atoms with E-state index >= 15 is 0 Å². The second kappa shape index (κ2) is 11.6. The molecule has 2 fully saturated rings. The Kier molecular flexibility index (Phi) is 7.87. The molecular formula is C32H36N4O. The quantitative estimate of drug-likeness (QED) is 0.362. The molecule has 5 rings (SSSR count). The number of anilines is 1. The predicted octanol–water partition coefficient (Wildman–Crippen LogP) is 5.65. The minimum Gasteiger partial charge on any atom is -0.339 e. The second-order valence-corrected chi connectivity index (χ2v) is 10.3. The highest BCUT2D eigenvalue weighted by Gasteiger charge is 2.53. The average Bonchev–Trinajstić information content (AvgIpc) is 3.22. The molecule has 0 atom stereocenters. The third kappa shape index (κ3) is 5.40. The number of nitriles is 1. The van der Waals surface area contributed by atoms with Gasteiger partial charge in [-0.25, -0.2) is 0 Å². The van der Waals surface area contributed by atoms with Crippen molar-refractivity contribution in [3.63, 3.8) is 0 Å². The number of benzene rings is 3. The lowest BCUT2D eigenvalue weighted by molar-refractivity contribution is -0.133. The maximum absolute atomic E-state index is 13.8. The summed E-state index contributed by atoms with van der Waals surface area (Å²) in [5.74, 6) is 0.600. The lowest BCUT2D eigenvalue weighted by Crippen LogP contribution is -2.56. The molecule has 3 aromatic rings. The number of nitrogens with zero attached hydrogens (tertiary/aromatic N) is 4. The van der Waals surface area contributed by atoms with Gasteiger partial charge in [-0.1, -0.05) is 78.9 Å². The molecule has 0 aliphatic carbocycles. The van der Waals surface area contributed by atoms with Crippen LogP contribution in [0.1, 0.15) is 49.1 Å². The van der Waals surface area contributed by atoms with Gasteiger partial charge in [-0.05, 0) is 55.5 Å². The summed E-state index contributed by atoms with van der Waals surface area (Å²) in [6.45, 7) is 4.10. The molecule has 2 aliphatic rings. The van der Waals surface area contributed by atoms with E-state index in [0.717, 1.165) is 51.0 Å². The molecule has 3 aromatic carbocycles. The molecule has 190 valence electrons. The Hall–Kier alpha value is -3.62. The molecule has 0 aromatic heterocycles. The molecule has 0 unspecified atom stereocenters. The van der Waals surface area contributed by atoms with E-state index in [1.807, 2.05) is 23.1 Å². The van der Waals surface area contributed by atoms with E-state index in [0.29, 0.717) is 25.6 Å². The Morgan fingerprint density at radius 3 is 1.95 bits per heavy atom. The number of likely N-dealkylation sites (tertiary alicyclic amines) is 1. The van der Waals surface area contributed by atoms with Crippen LogP contribution in [0.2, 0.25) is 0 Å². The molecule has 5 heteroatoms. The summed E-state index contributed by atoms with van der Waals surface area (Å²) >= 11 is 0. The van der Waals surface area contributed by atoms with E-state index in [-0.39, 0.29) is 5.91 Å². The van der Waals surface area contributed by atoms with Gasteiger partial charge >= 0.3 is 0 Å². The minimum absolute atomic E-state index is 0.236. The van der Waals surface area contributed by atoms with E-state index < -0.39 is 5.54 Å². The summed E-state index contributed by atoms with van der Waals surface area (Å²) in [6.07, 6.45) is 3.93. The monoisotopic (exact) mass is 492 g/mol. The number of carbonyl (C=O) groups excluding carboxylic acids is 1. The van der Waals surface area contributed by atoms with Crippen molar-refractivity contribution in [1.29, 1.82) is 5.26 Å². The van der Waals surface area contributed by atoms with Crippen molar-refractivity contribution >= 4 is 11.6 Å². The van der Waals surface area contributed by atoms with Crippen LogP contribution in [-0.2, 0) is 4.79 Å². The first-order valence-electron chi connectivity index (χ1n) is 13.5. The molecule has 0 saturated carbocycles. The first-order chi connectivity index (χ1) is 18.2. The Balaban J connectivity index is 1.28. The van der Waals surface area contributed by atoms with Crippen LogP contribution in [0.5, 0.6) is 0 Å². The fourth-order valence-electron chi connectivity index (χ4n) is 6.08. The summed E-state index contributed by atoms with van der Waals surface area (Å²) in [5, 5.41) is 8.97. The van der Waals surface area contributed by atoms with Gasteiger partial charge < -0.3 is 14.7 Å². The summed E-state index contributed by atoms with van der Waals surface area (Å²) < 4.78 is 0. The van der Waals surface area contributed by atoms with E-state index in [9.17, 15) is 4.79 Å². The van der Waals surface area contributed by atoms with Crippen LogP contribution in [-0.4, -0.2) is 54.1 Å². The number of unbranched alkanes of at least 4 members (excludes halogenated alkanes) is 1. The van der Waals surface area contributed by atoms with Crippen LogP contribution in [0, 0.1) is 11.3 Å². The number of rotatable bonds is 9. The molecule has 2 heterocycles. The van der Waals surface area contributed by atoms with Crippen molar-refractivity contribution < 1.29 is 4.79 Å². The van der Waals surface area contributed by atoms with Gasteiger partial charge in [0.1, 0.15) is 5.54 Å². The van der Waals surface area contributed by atoms with Crippen LogP contribution in [0.4, 0.5) is 5.69 Å². The van der Waals surface area contributed by atoms with Gasteiger partial charge in [0.2, 0.25) is 5.91 Å². The topological polar surface area (TPSA) is 50.6 Å². The smallest absolute Gasteiger partial charge is 0.250 e. The first-order valence-corrected chi connectivity index (χ1v) is 13.5. The van der Waals surface area contributed by atoms with Crippen LogP contribution in [0.3, 0.4) is 0 Å². The van der Waals surface area contributed by atoms with Crippen LogP contribution in [0.25, 0.3) is 0 Å². The van der Waals surface area contributed by atoms with Gasteiger partial charge in [0.25, 0.3) is 0 Å². The average molecular weight is 493 g/mol. The fourth-order valence-corrected chi connectivity index (χ4v) is 6.08. The maximum atomic E-state index is 13.8. The van der Waals surface area contributed by atoms with Crippen LogP contribution in [0.15, 0.2) is 91.0 Å². The highest BCUT2D eigenvalue weighted by atomic mass is 16.2. The number of carbonyl (C=O) groups is 1. The van der Waals surface area contributed by atoms with Crippen molar-refractivity contribution in [1.82, 2.24) is 9.80 Å². The Morgan fingerprint density at radius 2 is 1.38 bits per heavy atom. The first kappa shape index (κ1) is 25.0. The van der Waals surface area contributed by atoms with Crippen molar-refractivity contribution in [3.8, 4) is 6.07 Å². The number of hydrogen-bond acceptors (Lipinski definition) is 4. The highest BCUT2D eigenvalue weighted by molar-refractivity contribution is 5.93. The molecule has 0 N–H and O–H groups in total. The third-order valence-corrected chi connectivity index (χ3v) is 8.12. The molecule has 1 amide bonds. The Bertz CT molecular complexity index is 1140. The normalized spacial score (nSPS) is 17.5. The number of piperidine rings is 1. The van der Waals surface area contributed by atoms with Gasteiger partial charge in [0.05, 0.1) is 12.7 Å².